The van der Waals surface area contributed by atoms with Crippen molar-refractivity contribution >= 4 is 44.9 Å². The number of rotatable bonds is 0. The van der Waals surface area contributed by atoms with Crippen molar-refractivity contribution < 1.29 is 16.8 Å². The largest absolute Gasteiger partial charge is 2.00 e. The number of benzene rings is 2. The van der Waals surface area contributed by atoms with E-state index in [4.69, 9.17) is 40.6 Å². The number of nitrogens with zero attached hydrogens (tertiary/aromatic N) is 8. The Hall–Kier alpha value is -3.43. The molecule has 209 valence electrons. The predicted molar refractivity (Wildman–Crippen MR) is 156 cm³/mol. The van der Waals surface area contributed by atoms with Gasteiger partial charge in [0, 0.05) is 11.0 Å². The molecule has 0 spiro atoms. The van der Waals surface area contributed by atoms with Gasteiger partial charge in [0.2, 0.25) is 0 Å². The summed E-state index contributed by atoms with van der Waals surface area (Å²) < 4.78 is 0. The Bertz CT molecular complexity index is 1710. The van der Waals surface area contributed by atoms with E-state index >= 15 is 0 Å². The summed E-state index contributed by atoms with van der Waals surface area (Å²) in [5.41, 5.74) is 1.49. The molecular formula is C32H30CoN8-2. The Balaban J connectivity index is 0.00000256. The molecule has 2 aromatic carbocycles. The molecule has 6 unspecified atom stereocenters. The first-order valence-electron chi connectivity index (χ1n) is 14.9. The van der Waals surface area contributed by atoms with E-state index in [0.29, 0.717) is 35.3 Å². The third kappa shape index (κ3) is 4.00. The summed E-state index contributed by atoms with van der Waals surface area (Å²) in [7, 11) is 0. The molecule has 4 fully saturated rings. The summed E-state index contributed by atoms with van der Waals surface area (Å²) in [6.07, 6.45) is 8.82. The van der Waals surface area contributed by atoms with Gasteiger partial charge in [-0.1, -0.05) is 85.9 Å². The van der Waals surface area contributed by atoms with Crippen LogP contribution in [0.3, 0.4) is 0 Å². The molecular weight excluding hydrogens is 555 g/mol. The quantitative estimate of drug-likeness (QED) is 0.254. The van der Waals surface area contributed by atoms with Crippen LogP contribution in [0.1, 0.15) is 51.4 Å². The zero-order chi connectivity index (χ0) is 26.2. The third-order valence-electron chi connectivity index (χ3n) is 9.79. The van der Waals surface area contributed by atoms with Crippen molar-refractivity contribution in [1.82, 2.24) is 9.97 Å². The molecule has 9 rings (SSSR count). The van der Waals surface area contributed by atoms with Crippen LogP contribution >= 0.6 is 0 Å². The van der Waals surface area contributed by atoms with Gasteiger partial charge in [0.15, 0.2) is 0 Å². The van der Waals surface area contributed by atoms with Gasteiger partial charge in [-0.15, -0.1) is 0 Å². The molecule has 0 amide bonds. The number of hydrogen-bond acceptors (Lipinski definition) is 4. The van der Waals surface area contributed by atoms with Gasteiger partial charge in [0.05, 0.1) is 0 Å². The van der Waals surface area contributed by atoms with E-state index < -0.39 is 0 Å². The van der Waals surface area contributed by atoms with Gasteiger partial charge >= 0.3 is 16.8 Å². The first-order valence-corrected chi connectivity index (χ1v) is 14.9. The van der Waals surface area contributed by atoms with Gasteiger partial charge in [-0.2, -0.15) is 0 Å². The number of amidine groups is 2. The Morgan fingerprint density at radius 2 is 0.976 bits per heavy atom. The summed E-state index contributed by atoms with van der Waals surface area (Å²) in [5, 5.41) is 14.4. The van der Waals surface area contributed by atoms with Crippen LogP contribution in [0.25, 0.3) is 32.2 Å². The van der Waals surface area contributed by atoms with E-state index in [1.165, 1.54) is 25.7 Å². The van der Waals surface area contributed by atoms with Crippen molar-refractivity contribution in [2.24, 2.45) is 43.6 Å². The third-order valence-corrected chi connectivity index (χ3v) is 9.79. The van der Waals surface area contributed by atoms with Crippen molar-refractivity contribution in [3.8, 4) is 0 Å². The van der Waals surface area contributed by atoms with Crippen LogP contribution in [0, 0.1) is 23.7 Å². The molecule has 1 radical (unpaired) electrons. The summed E-state index contributed by atoms with van der Waals surface area (Å²) in [6.45, 7) is 0. The van der Waals surface area contributed by atoms with Gasteiger partial charge < -0.3 is 40.6 Å². The Morgan fingerprint density at radius 1 is 0.537 bits per heavy atom. The fraction of sp³-hybridized carbons (Fsp3) is 0.438. The molecule has 6 atom stereocenters. The van der Waals surface area contributed by atoms with Crippen molar-refractivity contribution in [2.75, 3.05) is 0 Å². The van der Waals surface area contributed by atoms with Crippen LogP contribution in [0.5, 0.6) is 0 Å². The zero-order valence-electron chi connectivity index (χ0n) is 22.7. The monoisotopic (exact) mass is 585 g/mol. The summed E-state index contributed by atoms with van der Waals surface area (Å²) in [4.78, 5) is 30.8. The Kier molecular flexibility index (Phi) is 6.07. The maximum atomic E-state index is 5.22. The molecule has 2 saturated carbocycles. The molecule has 5 aliphatic rings. The molecule has 2 aromatic heterocycles. The normalized spacial score (nSPS) is 34.2. The first-order chi connectivity index (χ1) is 19.8. The van der Waals surface area contributed by atoms with Crippen LogP contribution in [0.2, 0.25) is 0 Å². The SMILES string of the molecule is [Co+2].c1ccc2c3[n-]c(c2c1)/N=C1\[N-]C(/N=c2\[n-]/c(c4ccccc24)=N\C2[N-]/C(=N\3)C3CCCCC23)C2CCCCC12. The Morgan fingerprint density at radius 3 is 1.46 bits per heavy atom. The average Bonchev–Trinajstić information content (AvgIpc) is 3.73. The minimum atomic E-state index is -0.188. The molecule has 2 saturated heterocycles. The van der Waals surface area contributed by atoms with Crippen LogP contribution in [-0.4, -0.2) is 24.0 Å². The molecule has 8 nitrogen and oxygen atoms in total. The van der Waals surface area contributed by atoms with Gasteiger partial charge in [-0.05, 0) is 94.9 Å². The maximum absolute atomic E-state index is 5.22. The first kappa shape index (κ1) is 25.3. The second-order valence-corrected chi connectivity index (χ2v) is 12.0. The van der Waals surface area contributed by atoms with Crippen LogP contribution in [0.15, 0.2) is 68.5 Å². The second-order valence-electron chi connectivity index (χ2n) is 12.0. The van der Waals surface area contributed by atoms with Gasteiger partial charge in [-0.3, -0.25) is 0 Å². The number of fused-ring (bicyclic) bond motifs is 20. The Labute approximate surface area is 248 Å². The van der Waals surface area contributed by atoms with Crippen molar-refractivity contribution in [3.05, 3.63) is 70.1 Å². The molecule has 3 aliphatic heterocycles. The number of aliphatic imine (C=N–C) groups is 2. The van der Waals surface area contributed by atoms with Crippen molar-refractivity contribution in [2.45, 2.75) is 63.7 Å². The van der Waals surface area contributed by atoms with E-state index in [9.17, 15) is 0 Å². The molecule has 4 aromatic rings. The maximum Gasteiger partial charge on any atom is 2.00 e. The van der Waals surface area contributed by atoms with E-state index in [1.54, 1.807) is 0 Å². The zero-order valence-corrected chi connectivity index (χ0v) is 23.7. The molecule has 8 bridgehead atoms. The molecule has 5 heterocycles. The number of aromatic nitrogens is 2. The van der Waals surface area contributed by atoms with E-state index in [-0.39, 0.29) is 29.1 Å². The minimum Gasteiger partial charge on any atom is -0.459 e. The van der Waals surface area contributed by atoms with E-state index in [0.717, 1.165) is 69.9 Å². The van der Waals surface area contributed by atoms with Crippen LogP contribution in [-0.2, 0) is 16.8 Å². The second kappa shape index (κ2) is 9.84. The smallest absolute Gasteiger partial charge is 0.459 e. The van der Waals surface area contributed by atoms with Crippen molar-refractivity contribution in [3.63, 3.8) is 0 Å². The van der Waals surface area contributed by atoms with E-state index in [1.807, 2.05) is 0 Å². The fourth-order valence-corrected chi connectivity index (χ4v) is 7.82. The van der Waals surface area contributed by atoms with Crippen LogP contribution in [0.4, 0.5) is 11.6 Å². The summed E-state index contributed by atoms with van der Waals surface area (Å²) in [6, 6.07) is 16.6. The molecule has 41 heavy (non-hydrogen) atoms. The number of hydrogen-bond donors (Lipinski definition) is 0. The predicted octanol–water partition coefficient (Wildman–Crippen LogP) is 5.96. The average molecular weight is 586 g/mol. The van der Waals surface area contributed by atoms with Gasteiger partial charge in [0.25, 0.3) is 0 Å². The van der Waals surface area contributed by atoms with Crippen LogP contribution < -0.4 is 20.9 Å². The topological polar surface area (TPSA) is 106 Å². The fourth-order valence-electron chi connectivity index (χ4n) is 7.82. The molecule has 0 N–H and O–H groups in total. The van der Waals surface area contributed by atoms with E-state index in [2.05, 4.69) is 48.5 Å². The van der Waals surface area contributed by atoms with Gasteiger partial charge in [-0.25, -0.2) is 0 Å². The standard InChI is InChI=1S/C32H30N8.Co/c1-2-10-18-17(9-1)25-33-26(18)38-28-21-13-5-6-14-22(21)30(35-28)40-32-24-16-8-7-15-23(24)31(36-32)39-29-20-12-4-3-11-19(20)27(34-29)37-25;/h1-2,7-10,15-16,19-22,27-28H,3-6,11-14H2;/q-4;+2. The summed E-state index contributed by atoms with van der Waals surface area (Å²) in [5.74, 6) is 4.46. The summed E-state index contributed by atoms with van der Waals surface area (Å²) >= 11 is 0. The molecule has 9 heteroatoms. The van der Waals surface area contributed by atoms with Crippen molar-refractivity contribution in [1.29, 1.82) is 0 Å². The molecule has 2 aliphatic carbocycles. The van der Waals surface area contributed by atoms with Gasteiger partial charge in [0.1, 0.15) is 0 Å². The minimum absolute atomic E-state index is 0.